The van der Waals surface area contributed by atoms with Gasteiger partial charge in [0.2, 0.25) is 0 Å². The molecule has 1 heterocycles. The lowest BCUT2D eigenvalue weighted by Gasteiger charge is -2.26. The van der Waals surface area contributed by atoms with Crippen molar-refractivity contribution < 1.29 is 9.53 Å². The summed E-state index contributed by atoms with van der Waals surface area (Å²) in [5, 5.41) is 1.50. The number of hydrogen-bond acceptors (Lipinski definition) is 2. The molecule has 0 spiro atoms. The highest BCUT2D eigenvalue weighted by Crippen LogP contribution is 2.31. The van der Waals surface area contributed by atoms with E-state index in [0.717, 1.165) is 23.4 Å². The molecule has 0 radical (unpaired) electrons. The molecule has 22 heavy (non-hydrogen) atoms. The molecule has 0 unspecified atom stereocenters. The van der Waals surface area contributed by atoms with Crippen LogP contribution in [0.3, 0.4) is 0 Å². The summed E-state index contributed by atoms with van der Waals surface area (Å²) in [5.41, 5.74) is 1.03. The molecule has 0 bridgehead atoms. The molecule has 0 aromatic heterocycles. The molecule has 3 rings (SSSR count). The van der Waals surface area contributed by atoms with Gasteiger partial charge in [0.25, 0.3) is 0 Å². The maximum absolute atomic E-state index is 11.4. The van der Waals surface area contributed by atoms with Crippen LogP contribution in [-0.2, 0) is 9.53 Å². The molecule has 2 atom stereocenters. The van der Waals surface area contributed by atoms with Crippen molar-refractivity contribution in [1.29, 1.82) is 0 Å². The van der Waals surface area contributed by atoms with E-state index in [9.17, 15) is 4.79 Å². The van der Waals surface area contributed by atoms with E-state index in [-0.39, 0.29) is 18.0 Å². The maximum Gasteiger partial charge on any atom is 0.309 e. The third-order valence-electron chi connectivity index (χ3n) is 3.50. The Bertz CT molecular complexity index is 596. The number of esters is 1. The first-order valence-electron chi connectivity index (χ1n) is 7.23. The quantitative estimate of drug-likeness (QED) is 0.625. The Kier molecular flexibility index (Phi) is 6.29. The minimum atomic E-state index is -0.0961. The average molecular weight is 337 g/mol. The SMILES string of the molecule is C[C@@H]1CC[C@H](c2ccc(Cl)cc2)OC1=O.Clc1ccccc1. The highest BCUT2D eigenvalue weighted by atomic mass is 35.5. The van der Waals surface area contributed by atoms with Gasteiger partial charge in [0.15, 0.2) is 0 Å². The minimum absolute atomic E-state index is 0.0357. The fourth-order valence-electron chi connectivity index (χ4n) is 2.16. The van der Waals surface area contributed by atoms with Crippen molar-refractivity contribution in [3.63, 3.8) is 0 Å². The van der Waals surface area contributed by atoms with Gasteiger partial charge < -0.3 is 4.74 Å². The second-order valence-electron chi connectivity index (χ2n) is 5.25. The van der Waals surface area contributed by atoms with E-state index in [1.54, 1.807) is 0 Å². The highest BCUT2D eigenvalue weighted by molar-refractivity contribution is 6.30. The van der Waals surface area contributed by atoms with Gasteiger partial charge in [0, 0.05) is 10.0 Å². The summed E-state index contributed by atoms with van der Waals surface area (Å²) in [5.74, 6) is -0.0604. The number of cyclic esters (lactones) is 1. The standard InChI is InChI=1S/C12H13ClO2.C6H5Cl/c1-8-2-7-11(15-12(8)14)9-3-5-10(13)6-4-9;7-6-4-2-1-3-5-6/h3-6,8,11H,2,7H2,1H3;1-5H/t8-,11-;/m1./s1. The largest absolute Gasteiger partial charge is 0.457 e. The van der Waals surface area contributed by atoms with Crippen molar-refractivity contribution in [2.75, 3.05) is 0 Å². The van der Waals surface area contributed by atoms with Crippen molar-refractivity contribution in [1.82, 2.24) is 0 Å². The predicted octanol–water partition coefficient (Wildman–Crippen LogP) is 5.69. The van der Waals surface area contributed by atoms with Gasteiger partial charge in [-0.05, 0) is 42.7 Å². The number of benzene rings is 2. The molecule has 0 aliphatic carbocycles. The van der Waals surface area contributed by atoms with Crippen LogP contribution in [0.1, 0.15) is 31.4 Å². The van der Waals surface area contributed by atoms with Gasteiger partial charge in [0.1, 0.15) is 6.10 Å². The van der Waals surface area contributed by atoms with E-state index >= 15 is 0 Å². The molecule has 2 aromatic carbocycles. The van der Waals surface area contributed by atoms with Crippen LogP contribution in [0.4, 0.5) is 0 Å². The number of halogens is 2. The van der Waals surface area contributed by atoms with Gasteiger partial charge in [-0.25, -0.2) is 0 Å². The fraction of sp³-hybridized carbons (Fsp3) is 0.278. The molecule has 1 aliphatic rings. The van der Waals surface area contributed by atoms with Crippen LogP contribution in [0.5, 0.6) is 0 Å². The monoisotopic (exact) mass is 336 g/mol. The van der Waals surface area contributed by atoms with Crippen LogP contribution < -0.4 is 0 Å². The number of rotatable bonds is 1. The molecule has 0 N–H and O–H groups in total. The summed E-state index contributed by atoms with van der Waals surface area (Å²) >= 11 is 11.3. The molecule has 1 saturated heterocycles. The number of carbonyl (C=O) groups is 1. The Morgan fingerprint density at radius 1 is 0.909 bits per heavy atom. The first-order valence-corrected chi connectivity index (χ1v) is 7.98. The first-order chi connectivity index (χ1) is 10.6. The summed E-state index contributed by atoms with van der Waals surface area (Å²) in [6.45, 7) is 1.90. The molecule has 1 fully saturated rings. The van der Waals surface area contributed by atoms with Gasteiger partial charge in [0.05, 0.1) is 5.92 Å². The van der Waals surface area contributed by atoms with Crippen molar-refractivity contribution in [2.24, 2.45) is 5.92 Å². The maximum atomic E-state index is 11.4. The van der Waals surface area contributed by atoms with Gasteiger partial charge in [-0.3, -0.25) is 4.79 Å². The number of ether oxygens (including phenoxy) is 1. The Hall–Kier alpha value is -1.51. The fourth-order valence-corrected chi connectivity index (χ4v) is 2.43. The van der Waals surface area contributed by atoms with Gasteiger partial charge >= 0.3 is 5.97 Å². The van der Waals surface area contributed by atoms with E-state index in [1.807, 2.05) is 61.5 Å². The van der Waals surface area contributed by atoms with E-state index in [1.165, 1.54) is 0 Å². The molecule has 1 aliphatic heterocycles. The lowest BCUT2D eigenvalue weighted by molar-refractivity contribution is -0.159. The molecular weight excluding hydrogens is 319 g/mol. The average Bonchev–Trinajstić information content (AvgIpc) is 2.52. The van der Waals surface area contributed by atoms with Crippen LogP contribution in [0.15, 0.2) is 54.6 Å². The lowest BCUT2D eigenvalue weighted by atomic mass is 9.95. The Morgan fingerprint density at radius 3 is 2.00 bits per heavy atom. The van der Waals surface area contributed by atoms with Gasteiger partial charge in [-0.1, -0.05) is 60.5 Å². The number of hydrogen-bond donors (Lipinski definition) is 0. The second-order valence-corrected chi connectivity index (χ2v) is 6.12. The summed E-state index contributed by atoms with van der Waals surface area (Å²) < 4.78 is 5.34. The van der Waals surface area contributed by atoms with Crippen LogP contribution in [0, 0.1) is 5.92 Å². The van der Waals surface area contributed by atoms with Crippen molar-refractivity contribution in [3.8, 4) is 0 Å². The van der Waals surface area contributed by atoms with Crippen molar-refractivity contribution in [2.45, 2.75) is 25.9 Å². The van der Waals surface area contributed by atoms with Crippen LogP contribution in [0.2, 0.25) is 10.0 Å². The molecule has 2 aromatic rings. The lowest BCUT2D eigenvalue weighted by Crippen LogP contribution is -2.24. The van der Waals surface area contributed by atoms with E-state index in [4.69, 9.17) is 27.9 Å². The Labute approximate surface area is 141 Å². The normalized spacial score (nSPS) is 20.6. The molecule has 4 heteroatoms. The second kappa shape index (κ2) is 8.21. The van der Waals surface area contributed by atoms with E-state index in [2.05, 4.69) is 0 Å². The van der Waals surface area contributed by atoms with Crippen LogP contribution in [-0.4, -0.2) is 5.97 Å². The van der Waals surface area contributed by atoms with E-state index in [0.29, 0.717) is 5.02 Å². The predicted molar refractivity (Wildman–Crippen MR) is 90.1 cm³/mol. The van der Waals surface area contributed by atoms with E-state index < -0.39 is 0 Å². The molecular formula is C18H18Cl2O2. The smallest absolute Gasteiger partial charge is 0.309 e. The highest BCUT2D eigenvalue weighted by Gasteiger charge is 2.27. The third-order valence-corrected chi connectivity index (χ3v) is 4.00. The summed E-state index contributed by atoms with van der Waals surface area (Å²) in [6, 6.07) is 16.9. The zero-order valence-electron chi connectivity index (χ0n) is 12.3. The zero-order chi connectivity index (χ0) is 15.9. The van der Waals surface area contributed by atoms with Crippen LogP contribution >= 0.6 is 23.2 Å². The Balaban J connectivity index is 0.000000211. The number of carbonyl (C=O) groups excluding carboxylic acids is 1. The first kappa shape index (κ1) is 16.9. The molecule has 116 valence electrons. The minimum Gasteiger partial charge on any atom is -0.457 e. The molecule has 0 saturated carbocycles. The van der Waals surface area contributed by atoms with Gasteiger partial charge in [-0.2, -0.15) is 0 Å². The summed E-state index contributed by atoms with van der Waals surface area (Å²) in [7, 11) is 0. The molecule has 0 amide bonds. The zero-order valence-corrected chi connectivity index (χ0v) is 13.8. The summed E-state index contributed by atoms with van der Waals surface area (Å²) in [6.07, 6.45) is 1.70. The van der Waals surface area contributed by atoms with Crippen LogP contribution in [0.25, 0.3) is 0 Å². The summed E-state index contributed by atoms with van der Waals surface area (Å²) in [4.78, 5) is 11.4. The molecule has 2 nitrogen and oxygen atoms in total. The van der Waals surface area contributed by atoms with Crippen molar-refractivity contribution in [3.05, 3.63) is 70.2 Å². The van der Waals surface area contributed by atoms with Crippen molar-refractivity contribution >= 4 is 29.2 Å². The topological polar surface area (TPSA) is 26.3 Å². The third kappa shape index (κ3) is 5.04. The Morgan fingerprint density at radius 2 is 1.50 bits per heavy atom. The van der Waals surface area contributed by atoms with Gasteiger partial charge in [-0.15, -0.1) is 0 Å².